The van der Waals surface area contributed by atoms with Gasteiger partial charge in [-0.05, 0) is 49.2 Å². The highest BCUT2D eigenvalue weighted by atomic mass is 16.1. The van der Waals surface area contributed by atoms with Crippen LogP contribution in [0.25, 0.3) is 0 Å². The zero-order valence-electron chi connectivity index (χ0n) is 11.1. The Balaban J connectivity index is 2.13. The molecule has 3 unspecified atom stereocenters. The molecule has 92 valence electrons. The Morgan fingerprint density at radius 3 is 2.29 bits per heavy atom. The minimum absolute atomic E-state index is 0.188. The summed E-state index contributed by atoms with van der Waals surface area (Å²) in [6.45, 7) is 8.39. The summed E-state index contributed by atoms with van der Waals surface area (Å²) in [4.78, 5) is 24.5. The number of carbonyl (C=O) groups excluding carboxylic acids is 2. The van der Waals surface area contributed by atoms with Gasteiger partial charge in [-0.15, -0.1) is 0 Å². The Morgan fingerprint density at radius 1 is 1.06 bits per heavy atom. The summed E-state index contributed by atoms with van der Waals surface area (Å²) in [6.07, 6.45) is 2.50. The van der Waals surface area contributed by atoms with Crippen LogP contribution in [0.1, 0.15) is 47.0 Å². The molecule has 0 saturated heterocycles. The summed E-state index contributed by atoms with van der Waals surface area (Å²) < 4.78 is 0. The van der Waals surface area contributed by atoms with Crippen LogP contribution in [-0.4, -0.2) is 11.6 Å². The minimum Gasteiger partial charge on any atom is -0.298 e. The first-order chi connectivity index (χ1) is 7.76. The fraction of sp³-hybridized carbons (Fsp3) is 0.733. The molecule has 0 bridgehead atoms. The monoisotopic (exact) mass is 232 g/mol. The fourth-order valence-corrected chi connectivity index (χ4v) is 4.57. The van der Waals surface area contributed by atoms with Gasteiger partial charge in [-0.1, -0.05) is 13.8 Å². The summed E-state index contributed by atoms with van der Waals surface area (Å²) in [5.41, 5.74) is 1.91. The van der Waals surface area contributed by atoms with Crippen LogP contribution in [-0.2, 0) is 9.59 Å². The second-order valence-corrected chi connectivity index (χ2v) is 7.12. The van der Waals surface area contributed by atoms with Crippen molar-refractivity contribution in [3.8, 4) is 0 Å². The second kappa shape index (κ2) is 2.90. The molecule has 2 nitrogen and oxygen atoms in total. The quantitative estimate of drug-likeness (QED) is 0.643. The van der Waals surface area contributed by atoms with Crippen molar-refractivity contribution in [3.63, 3.8) is 0 Å². The molecule has 3 aliphatic rings. The molecule has 2 fully saturated rings. The molecule has 0 radical (unpaired) electrons. The fourth-order valence-electron chi connectivity index (χ4n) is 4.57. The number of hydrogen-bond acceptors (Lipinski definition) is 2. The molecule has 0 aliphatic heterocycles. The van der Waals surface area contributed by atoms with E-state index in [-0.39, 0.29) is 17.1 Å². The lowest BCUT2D eigenvalue weighted by Crippen LogP contribution is -2.27. The molecule has 0 heterocycles. The van der Waals surface area contributed by atoms with E-state index in [9.17, 15) is 9.59 Å². The van der Waals surface area contributed by atoms with Gasteiger partial charge in [0.05, 0.1) is 5.41 Å². The van der Waals surface area contributed by atoms with Crippen LogP contribution in [0.3, 0.4) is 0 Å². The maximum Gasteiger partial charge on any atom is 0.159 e. The highest BCUT2D eigenvalue weighted by Crippen LogP contribution is 2.63. The number of fused-ring (bicyclic) bond motifs is 3. The van der Waals surface area contributed by atoms with Crippen LogP contribution in [0.15, 0.2) is 11.1 Å². The summed E-state index contributed by atoms with van der Waals surface area (Å²) in [5.74, 6) is 1.08. The minimum atomic E-state index is -0.438. The normalized spacial score (nSPS) is 43.3. The Bertz CT molecular complexity index is 469. The van der Waals surface area contributed by atoms with Crippen molar-refractivity contribution in [2.24, 2.45) is 22.7 Å². The maximum atomic E-state index is 12.6. The van der Waals surface area contributed by atoms with Crippen molar-refractivity contribution in [1.82, 2.24) is 0 Å². The molecular formula is C15H20O2. The van der Waals surface area contributed by atoms with Gasteiger partial charge in [-0.3, -0.25) is 9.59 Å². The lowest BCUT2D eigenvalue weighted by Gasteiger charge is -2.24. The van der Waals surface area contributed by atoms with E-state index < -0.39 is 5.41 Å². The zero-order chi connectivity index (χ0) is 12.6. The van der Waals surface area contributed by atoms with E-state index in [0.29, 0.717) is 18.1 Å². The Labute approximate surface area is 102 Å². The summed E-state index contributed by atoms with van der Waals surface area (Å²) in [7, 11) is 0. The predicted molar refractivity (Wildman–Crippen MR) is 65.4 cm³/mol. The predicted octanol–water partition coefficient (Wildman–Crippen LogP) is 2.92. The summed E-state index contributed by atoms with van der Waals surface area (Å²) in [6, 6.07) is 0. The number of rotatable bonds is 0. The molecule has 0 aromatic heterocycles. The highest BCUT2D eigenvalue weighted by molar-refractivity contribution is 6.09. The molecule has 17 heavy (non-hydrogen) atoms. The van der Waals surface area contributed by atoms with Gasteiger partial charge in [0.1, 0.15) is 5.78 Å². The first-order valence-corrected chi connectivity index (χ1v) is 6.55. The molecule has 0 amide bonds. The average molecular weight is 232 g/mol. The maximum absolute atomic E-state index is 12.6. The van der Waals surface area contributed by atoms with Crippen molar-refractivity contribution in [2.45, 2.75) is 47.0 Å². The Morgan fingerprint density at radius 2 is 1.65 bits per heavy atom. The van der Waals surface area contributed by atoms with Crippen LogP contribution in [0.2, 0.25) is 0 Å². The lowest BCUT2D eigenvalue weighted by atomic mass is 9.78. The molecule has 3 rings (SSSR count). The van der Waals surface area contributed by atoms with Gasteiger partial charge in [0.15, 0.2) is 5.78 Å². The van der Waals surface area contributed by atoms with Gasteiger partial charge in [-0.25, -0.2) is 0 Å². The van der Waals surface area contributed by atoms with Crippen molar-refractivity contribution >= 4 is 11.6 Å². The number of ketones is 2. The molecule has 3 aliphatic carbocycles. The summed E-state index contributed by atoms with van der Waals surface area (Å²) >= 11 is 0. The van der Waals surface area contributed by atoms with Gasteiger partial charge in [-0.2, -0.15) is 0 Å². The molecule has 2 saturated carbocycles. The molecule has 2 heteroatoms. The van der Waals surface area contributed by atoms with E-state index in [1.165, 1.54) is 5.57 Å². The van der Waals surface area contributed by atoms with Crippen LogP contribution >= 0.6 is 0 Å². The standard InChI is InChI=1S/C15H20O2/c1-8-11(16)7-15(4)12(8)9-5-14(2,3)6-10(9)13(15)17/h9-10H,5-7H2,1-4H3. The molecule has 0 aromatic carbocycles. The number of hydrogen-bond donors (Lipinski definition) is 0. The highest BCUT2D eigenvalue weighted by Gasteiger charge is 2.62. The van der Waals surface area contributed by atoms with Gasteiger partial charge in [0.2, 0.25) is 0 Å². The van der Waals surface area contributed by atoms with E-state index in [0.717, 1.165) is 18.4 Å². The molecule has 0 aromatic rings. The average Bonchev–Trinajstić information content (AvgIpc) is 2.68. The smallest absolute Gasteiger partial charge is 0.159 e. The van der Waals surface area contributed by atoms with Gasteiger partial charge in [0, 0.05) is 12.3 Å². The van der Waals surface area contributed by atoms with Crippen molar-refractivity contribution in [2.75, 3.05) is 0 Å². The largest absolute Gasteiger partial charge is 0.298 e. The van der Waals surface area contributed by atoms with Crippen molar-refractivity contribution in [1.29, 1.82) is 0 Å². The van der Waals surface area contributed by atoms with Crippen LogP contribution < -0.4 is 0 Å². The van der Waals surface area contributed by atoms with Crippen LogP contribution in [0.4, 0.5) is 0 Å². The van der Waals surface area contributed by atoms with Crippen LogP contribution in [0.5, 0.6) is 0 Å². The number of Topliss-reactive ketones (excluding diaryl/α,β-unsaturated/α-hetero) is 2. The van der Waals surface area contributed by atoms with E-state index in [1.807, 2.05) is 13.8 Å². The first-order valence-electron chi connectivity index (χ1n) is 6.55. The Hall–Kier alpha value is -0.920. The zero-order valence-corrected chi connectivity index (χ0v) is 11.1. The second-order valence-electron chi connectivity index (χ2n) is 7.12. The van der Waals surface area contributed by atoms with E-state index in [1.54, 1.807) is 0 Å². The SMILES string of the molecule is CC1=C2C3CC(C)(C)CC3C(=O)C2(C)CC1=O. The van der Waals surface area contributed by atoms with Crippen molar-refractivity contribution < 1.29 is 9.59 Å². The third-order valence-corrected chi connectivity index (χ3v) is 5.21. The number of allylic oxidation sites excluding steroid dienone is 2. The summed E-state index contributed by atoms with van der Waals surface area (Å²) in [5, 5.41) is 0. The lowest BCUT2D eigenvalue weighted by molar-refractivity contribution is -0.130. The topological polar surface area (TPSA) is 34.1 Å². The van der Waals surface area contributed by atoms with Gasteiger partial charge < -0.3 is 0 Å². The molecule has 3 atom stereocenters. The van der Waals surface area contributed by atoms with Crippen LogP contribution in [0, 0.1) is 22.7 Å². The third kappa shape index (κ3) is 1.22. The number of carbonyl (C=O) groups is 2. The van der Waals surface area contributed by atoms with E-state index in [2.05, 4.69) is 13.8 Å². The first kappa shape index (κ1) is 11.2. The van der Waals surface area contributed by atoms with Gasteiger partial charge >= 0.3 is 0 Å². The molecule has 0 N–H and O–H groups in total. The molecule has 0 spiro atoms. The Kier molecular flexibility index (Phi) is 1.91. The van der Waals surface area contributed by atoms with E-state index in [4.69, 9.17) is 0 Å². The molecular weight excluding hydrogens is 212 g/mol. The van der Waals surface area contributed by atoms with E-state index >= 15 is 0 Å². The van der Waals surface area contributed by atoms with Gasteiger partial charge in [0.25, 0.3) is 0 Å². The van der Waals surface area contributed by atoms with Crippen molar-refractivity contribution in [3.05, 3.63) is 11.1 Å². The third-order valence-electron chi connectivity index (χ3n) is 5.21.